The van der Waals surface area contributed by atoms with Gasteiger partial charge in [0.15, 0.2) is 0 Å². The van der Waals surface area contributed by atoms with Crippen LogP contribution in [-0.4, -0.2) is 30.3 Å². The highest BCUT2D eigenvalue weighted by atomic mass is 16.1. The van der Waals surface area contributed by atoms with Crippen molar-refractivity contribution < 1.29 is 4.79 Å². The molecule has 0 saturated heterocycles. The number of hydrogen-bond donors (Lipinski definition) is 0. The van der Waals surface area contributed by atoms with Crippen LogP contribution in [-0.2, 0) is 11.2 Å². The number of carbonyl (C=O) groups is 1. The minimum atomic E-state index is 0.369. The van der Waals surface area contributed by atoms with Gasteiger partial charge in [-0.2, -0.15) is 0 Å². The standard InChI is InChI=1S/C8H11N3O/c1-11(2)8-7(3-4-12)5-9-6-10-8/h4-6H,3H2,1-2H3. The smallest absolute Gasteiger partial charge is 0.135 e. The fraction of sp³-hybridized carbons (Fsp3) is 0.375. The van der Waals surface area contributed by atoms with Gasteiger partial charge in [0, 0.05) is 32.3 Å². The van der Waals surface area contributed by atoms with Crippen molar-refractivity contribution in [1.29, 1.82) is 0 Å². The maximum absolute atomic E-state index is 10.3. The topological polar surface area (TPSA) is 46.1 Å². The molecule has 12 heavy (non-hydrogen) atoms. The largest absolute Gasteiger partial charge is 0.362 e. The molecule has 0 unspecified atom stereocenters. The quantitative estimate of drug-likeness (QED) is 0.604. The van der Waals surface area contributed by atoms with Crippen molar-refractivity contribution in [2.24, 2.45) is 0 Å². The molecule has 0 radical (unpaired) electrons. The monoisotopic (exact) mass is 165 g/mol. The van der Waals surface area contributed by atoms with Crippen LogP contribution >= 0.6 is 0 Å². The molecule has 1 rings (SSSR count). The van der Waals surface area contributed by atoms with Crippen LogP contribution in [0.3, 0.4) is 0 Å². The number of aromatic nitrogens is 2. The molecule has 64 valence electrons. The summed E-state index contributed by atoms with van der Waals surface area (Å²) in [7, 11) is 3.77. The molecule has 1 aromatic heterocycles. The first-order valence-electron chi connectivity index (χ1n) is 3.65. The van der Waals surface area contributed by atoms with Gasteiger partial charge in [0.1, 0.15) is 18.4 Å². The third-order valence-corrected chi connectivity index (χ3v) is 1.49. The Morgan fingerprint density at radius 3 is 2.92 bits per heavy atom. The normalized spacial score (nSPS) is 9.50. The molecule has 0 aliphatic heterocycles. The summed E-state index contributed by atoms with van der Waals surface area (Å²) in [5, 5.41) is 0. The van der Waals surface area contributed by atoms with Crippen LogP contribution in [0.2, 0.25) is 0 Å². The van der Waals surface area contributed by atoms with Crippen molar-refractivity contribution in [3.63, 3.8) is 0 Å². The van der Waals surface area contributed by atoms with Crippen LogP contribution in [0.4, 0.5) is 5.82 Å². The van der Waals surface area contributed by atoms with Crippen LogP contribution in [0.5, 0.6) is 0 Å². The van der Waals surface area contributed by atoms with Crippen LogP contribution < -0.4 is 4.90 Å². The van der Waals surface area contributed by atoms with E-state index in [9.17, 15) is 4.79 Å². The number of aldehydes is 1. The Bertz CT molecular complexity index is 273. The molecule has 0 atom stereocenters. The van der Waals surface area contributed by atoms with E-state index in [4.69, 9.17) is 0 Å². The van der Waals surface area contributed by atoms with Gasteiger partial charge in [-0.05, 0) is 0 Å². The SMILES string of the molecule is CN(C)c1ncncc1CC=O. The van der Waals surface area contributed by atoms with Gasteiger partial charge < -0.3 is 9.69 Å². The van der Waals surface area contributed by atoms with Gasteiger partial charge in [0.05, 0.1) is 0 Å². The van der Waals surface area contributed by atoms with Crippen LogP contribution in [0, 0.1) is 0 Å². The lowest BCUT2D eigenvalue weighted by molar-refractivity contribution is -0.107. The summed E-state index contributed by atoms with van der Waals surface area (Å²) < 4.78 is 0. The molecule has 0 fully saturated rings. The second kappa shape index (κ2) is 3.80. The van der Waals surface area contributed by atoms with Gasteiger partial charge in [0.2, 0.25) is 0 Å². The second-order valence-electron chi connectivity index (χ2n) is 2.64. The Kier molecular flexibility index (Phi) is 2.74. The van der Waals surface area contributed by atoms with Gasteiger partial charge >= 0.3 is 0 Å². The van der Waals surface area contributed by atoms with E-state index in [1.54, 1.807) is 6.20 Å². The average molecular weight is 165 g/mol. The van der Waals surface area contributed by atoms with E-state index >= 15 is 0 Å². The van der Waals surface area contributed by atoms with E-state index in [1.807, 2.05) is 19.0 Å². The Balaban J connectivity index is 2.99. The average Bonchev–Trinajstić information content (AvgIpc) is 2.05. The van der Waals surface area contributed by atoms with Gasteiger partial charge in [-0.25, -0.2) is 9.97 Å². The van der Waals surface area contributed by atoms with E-state index in [-0.39, 0.29) is 0 Å². The Morgan fingerprint density at radius 1 is 1.58 bits per heavy atom. The molecular formula is C8H11N3O. The Morgan fingerprint density at radius 2 is 2.33 bits per heavy atom. The minimum absolute atomic E-state index is 0.369. The van der Waals surface area contributed by atoms with Gasteiger partial charge in [0.25, 0.3) is 0 Å². The summed E-state index contributed by atoms with van der Waals surface area (Å²) in [5.74, 6) is 0.803. The molecule has 4 heteroatoms. The number of nitrogens with zero attached hydrogens (tertiary/aromatic N) is 3. The van der Waals surface area contributed by atoms with Gasteiger partial charge in [-0.3, -0.25) is 0 Å². The molecule has 0 N–H and O–H groups in total. The molecule has 0 aromatic carbocycles. The number of hydrogen-bond acceptors (Lipinski definition) is 4. The molecule has 0 saturated carbocycles. The predicted octanol–water partition coefficient (Wildman–Crippen LogP) is 0.284. The number of rotatable bonds is 3. The second-order valence-corrected chi connectivity index (χ2v) is 2.64. The van der Waals surface area contributed by atoms with Gasteiger partial charge in [-0.15, -0.1) is 0 Å². The summed E-state index contributed by atoms with van der Waals surface area (Å²) in [5.41, 5.74) is 0.859. The van der Waals surface area contributed by atoms with E-state index in [2.05, 4.69) is 9.97 Å². The molecule has 0 aliphatic carbocycles. The molecule has 0 spiro atoms. The molecule has 1 aromatic rings. The zero-order valence-electron chi connectivity index (χ0n) is 7.19. The highest BCUT2D eigenvalue weighted by Gasteiger charge is 2.03. The maximum atomic E-state index is 10.3. The molecule has 0 amide bonds. The highest BCUT2D eigenvalue weighted by Crippen LogP contribution is 2.12. The summed E-state index contributed by atoms with van der Waals surface area (Å²) in [4.78, 5) is 20.0. The fourth-order valence-corrected chi connectivity index (χ4v) is 0.988. The molecular weight excluding hydrogens is 154 g/mol. The Hall–Kier alpha value is -1.45. The Labute approximate surface area is 71.3 Å². The number of anilines is 1. The maximum Gasteiger partial charge on any atom is 0.135 e. The van der Waals surface area contributed by atoms with E-state index < -0.39 is 0 Å². The van der Waals surface area contributed by atoms with Crippen molar-refractivity contribution in [2.75, 3.05) is 19.0 Å². The summed E-state index contributed by atoms with van der Waals surface area (Å²) >= 11 is 0. The predicted molar refractivity (Wildman–Crippen MR) is 46.1 cm³/mol. The van der Waals surface area contributed by atoms with Crippen molar-refractivity contribution in [3.8, 4) is 0 Å². The zero-order valence-corrected chi connectivity index (χ0v) is 7.19. The third-order valence-electron chi connectivity index (χ3n) is 1.49. The lowest BCUT2D eigenvalue weighted by Gasteiger charge is -2.13. The van der Waals surface area contributed by atoms with Crippen LogP contribution in [0.25, 0.3) is 0 Å². The lowest BCUT2D eigenvalue weighted by atomic mass is 10.2. The lowest BCUT2D eigenvalue weighted by Crippen LogP contribution is -2.13. The summed E-state index contributed by atoms with van der Waals surface area (Å²) in [6.45, 7) is 0. The third kappa shape index (κ3) is 1.78. The van der Waals surface area contributed by atoms with Crippen molar-refractivity contribution in [2.45, 2.75) is 6.42 Å². The first-order chi connectivity index (χ1) is 5.75. The molecule has 1 heterocycles. The van der Waals surface area contributed by atoms with Crippen LogP contribution in [0.1, 0.15) is 5.56 Å². The van der Waals surface area contributed by atoms with Crippen molar-refractivity contribution in [1.82, 2.24) is 9.97 Å². The number of carbonyl (C=O) groups excluding carboxylic acids is 1. The van der Waals surface area contributed by atoms with Crippen molar-refractivity contribution in [3.05, 3.63) is 18.1 Å². The fourth-order valence-electron chi connectivity index (χ4n) is 0.988. The highest BCUT2D eigenvalue weighted by molar-refractivity contribution is 5.60. The minimum Gasteiger partial charge on any atom is -0.362 e. The van der Waals surface area contributed by atoms with E-state index in [0.29, 0.717) is 6.42 Å². The van der Waals surface area contributed by atoms with Crippen molar-refractivity contribution >= 4 is 12.1 Å². The first-order valence-corrected chi connectivity index (χ1v) is 3.65. The molecule has 0 aliphatic rings. The zero-order chi connectivity index (χ0) is 8.97. The van der Waals surface area contributed by atoms with E-state index in [0.717, 1.165) is 17.7 Å². The van der Waals surface area contributed by atoms with Crippen LogP contribution in [0.15, 0.2) is 12.5 Å². The van der Waals surface area contributed by atoms with E-state index in [1.165, 1.54) is 6.33 Å². The molecule has 4 nitrogen and oxygen atoms in total. The van der Waals surface area contributed by atoms with Gasteiger partial charge in [-0.1, -0.05) is 0 Å². The summed E-state index contributed by atoms with van der Waals surface area (Å²) in [6, 6.07) is 0. The molecule has 0 bridgehead atoms. The summed E-state index contributed by atoms with van der Waals surface area (Å²) in [6.07, 6.45) is 4.36. The first kappa shape index (κ1) is 8.64.